The number of hydrogen-bond acceptors (Lipinski definition) is 6. The maximum absolute atomic E-state index is 12.5. The zero-order chi connectivity index (χ0) is 22.1. The Bertz CT molecular complexity index is 886. The second-order valence-corrected chi connectivity index (χ2v) is 8.56. The van der Waals surface area contributed by atoms with Crippen molar-refractivity contribution < 1.29 is 14.3 Å². The number of hydrogen-bond donors (Lipinski definition) is 1. The lowest BCUT2D eigenvalue weighted by atomic mass is 10.2. The summed E-state index contributed by atoms with van der Waals surface area (Å²) in [6, 6.07) is 7.65. The second-order valence-electron chi connectivity index (χ2n) is 7.50. The van der Waals surface area contributed by atoms with Gasteiger partial charge in [-0.2, -0.15) is 0 Å². The Hall–Kier alpha value is -2.71. The van der Waals surface area contributed by atoms with Crippen molar-refractivity contribution in [1.29, 1.82) is 0 Å². The average Bonchev–Trinajstić information content (AvgIpc) is 3.21. The summed E-state index contributed by atoms with van der Waals surface area (Å²) in [6.07, 6.45) is 4.36. The average molecular weight is 443 g/mol. The first-order valence-electron chi connectivity index (χ1n) is 10.6. The van der Waals surface area contributed by atoms with Gasteiger partial charge in [-0.1, -0.05) is 19.1 Å². The van der Waals surface area contributed by atoms with Crippen LogP contribution in [-0.2, 0) is 16.2 Å². The van der Waals surface area contributed by atoms with Crippen LogP contribution in [0.15, 0.2) is 35.7 Å². The first kappa shape index (κ1) is 23.0. The van der Waals surface area contributed by atoms with Crippen molar-refractivity contribution in [2.24, 2.45) is 0 Å². The maximum Gasteiger partial charge on any atom is 0.246 e. The second kappa shape index (κ2) is 11.6. The predicted molar refractivity (Wildman–Crippen MR) is 123 cm³/mol. The molecule has 1 saturated heterocycles. The van der Waals surface area contributed by atoms with E-state index in [1.807, 2.05) is 54.5 Å². The van der Waals surface area contributed by atoms with Crippen molar-refractivity contribution in [2.75, 3.05) is 39.3 Å². The van der Waals surface area contributed by atoms with Crippen LogP contribution >= 0.6 is 11.3 Å². The van der Waals surface area contributed by atoms with Crippen LogP contribution in [-0.4, -0.2) is 65.9 Å². The Morgan fingerprint density at radius 3 is 2.58 bits per heavy atom. The normalized spacial score (nSPS) is 14.7. The fraction of sp³-hybridized carbons (Fsp3) is 0.435. The SMILES string of the molecule is CCCNC(=O)CN1CCN(C(=O)/C=C/c2ccc(OCc3csc(C)n3)cc2)CC1. The first-order chi connectivity index (χ1) is 15.0. The molecule has 1 aliphatic rings. The lowest BCUT2D eigenvalue weighted by Crippen LogP contribution is -2.50. The molecule has 1 aromatic carbocycles. The van der Waals surface area contributed by atoms with Crippen molar-refractivity contribution in [3.63, 3.8) is 0 Å². The van der Waals surface area contributed by atoms with Gasteiger partial charge in [-0.15, -0.1) is 11.3 Å². The number of piperazine rings is 1. The van der Waals surface area contributed by atoms with Gasteiger partial charge in [-0.25, -0.2) is 4.98 Å². The molecule has 0 unspecified atom stereocenters. The molecule has 7 nitrogen and oxygen atoms in total. The smallest absolute Gasteiger partial charge is 0.246 e. The number of thiazole rings is 1. The minimum absolute atomic E-state index is 0.00527. The number of aromatic nitrogens is 1. The Morgan fingerprint density at radius 2 is 1.94 bits per heavy atom. The first-order valence-corrected chi connectivity index (χ1v) is 11.5. The van der Waals surface area contributed by atoms with E-state index in [2.05, 4.69) is 15.2 Å². The van der Waals surface area contributed by atoms with Crippen molar-refractivity contribution in [3.8, 4) is 5.75 Å². The molecule has 1 fully saturated rings. The molecule has 3 rings (SSSR count). The molecular formula is C23H30N4O3S. The van der Waals surface area contributed by atoms with Gasteiger partial charge in [0.2, 0.25) is 11.8 Å². The number of rotatable bonds is 9. The number of carbonyl (C=O) groups excluding carboxylic acids is 2. The molecule has 166 valence electrons. The molecule has 31 heavy (non-hydrogen) atoms. The number of benzene rings is 1. The van der Waals surface area contributed by atoms with E-state index < -0.39 is 0 Å². The monoisotopic (exact) mass is 442 g/mol. The van der Waals surface area contributed by atoms with Crippen LogP contribution in [0.1, 0.15) is 29.6 Å². The third kappa shape index (κ3) is 7.48. The van der Waals surface area contributed by atoms with E-state index in [0.29, 0.717) is 45.9 Å². The van der Waals surface area contributed by atoms with Crippen LogP contribution in [0, 0.1) is 6.92 Å². The Labute approximate surface area is 187 Å². The lowest BCUT2D eigenvalue weighted by Gasteiger charge is -2.33. The van der Waals surface area contributed by atoms with Gasteiger partial charge in [0.15, 0.2) is 0 Å². The van der Waals surface area contributed by atoms with Crippen LogP contribution in [0.25, 0.3) is 6.08 Å². The Balaban J connectivity index is 1.41. The van der Waals surface area contributed by atoms with Gasteiger partial charge < -0.3 is 15.0 Å². The minimum atomic E-state index is -0.00527. The summed E-state index contributed by atoms with van der Waals surface area (Å²) in [7, 11) is 0. The molecule has 2 heterocycles. The fourth-order valence-electron chi connectivity index (χ4n) is 3.23. The topological polar surface area (TPSA) is 74.8 Å². The van der Waals surface area contributed by atoms with E-state index in [1.54, 1.807) is 17.4 Å². The quantitative estimate of drug-likeness (QED) is 0.605. The van der Waals surface area contributed by atoms with E-state index >= 15 is 0 Å². The summed E-state index contributed by atoms with van der Waals surface area (Å²) in [5, 5.41) is 5.92. The van der Waals surface area contributed by atoms with Crippen molar-refractivity contribution >= 4 is 29.2 Å². The van der Waals surface area contributed by atoms with Crippen molar-refractivity contribution in [3.05, 3.63) is 52.0 Å². The standard InChI is InChI=1S/C23H30N4O3S/c1-3-10-24-22(28)15-26-11-13-27(14-12-26)23(29)9-6-19-4-7-21(8-5-19)30-16-20-17-31-18(2)25-20/h4-9,17H,3,10-16H2,1-2H3,(H,24,28)/b9-6+. The summed E-state index contributed by atoms with van der Waals surface area (Å²) in [6.45, 7) is 8.25. The molecule has 2 aromatic rings. The summed E-state index contributed by atoms with van der Waals surface area (Å²) < 4.78 is 5.75. The molecule has 0 bridgehead atoms. The van der Waals surface area contributed by atoms with Crippen LogP contribution in [0.3, 0.4) is 0 Å². The zero-order valence-electron chi connectivity index (χ0n) is 18.2. The third-order valence-corrected chi connectivity index (χ3v) is 5.80. The van der Waals surface area contributed by atoms with Gasteiger partial charge in [0.25, 0.3) is 0 Å². The Kier molecular flexibility index (Phi) is 8.61. The highest BCUT2D eigenvalue weighted by Gasteiger charge is 2.20. The minimum Gasteiger partial charge on any atom is -0.487 e. The van der Waals surface area contributed by atoms with E-state index in [4.69, 9.17) is 4.74 Å². The molecule has 1 N–H and O–H groups in total. The zero-order valence-corrected chi connectivity index (χ0v) is 19.0. The number of aryl methyl sites for hydroxylation is 1. The van der Waals surface area contributed by atoms with Gasteiger partial charge in [-0.3, -0.25) is 14.5 Å². The van der Waals surface area contributed by atoms with Gasteiger partial charge in [0.1, 0.15) is 12.4 Å². The van der Waals surface area contributed by atoms with Gasteiger partial charge >= 0.3 is 0 Å². The van der Waals surface area contributed by atoms with Crippen LogP contribution in [0.5, 0.6) is 5.75 Å². The summed E-state index contributed by atoms with van der Waals surface area (Å²) in [5.74, 6) is 0.818. The van der Waals surface area contributed by atoms with E-state index in [1.165, 1.54) is 0 Å². The summed E-state index contributed by atoms with van der Waals surface area (Å²) >= 11 is 1.61. The summed E-state index contributed by atoms with van der Waals surface area (Å²) in [4.78, 5) is 32.6. The summed E-state index contributed by atoms with van der Waals surface area (Å²) in [5.41, 5.74) is 1.87. The highest BCUT2D eigenvalue weighted by Crippen LogP contribution is 2.16. The molecule has 1 aliphatic heterocycles. The van der Waals surface area contributed by atoms with Crippen LogP contribution in [0.2, 0.25) is 0 Å². The number of amides is 2. The molecular weight excluding hydrogens is 412 g/mol. The Morgan fingerprint density at radius 1 is 1.19 bits per heavy atom. The third-order valence-electron chi connectivity index (χ3n) is 4.98. The highest BCUT2D eigenvalue weighted by molar-refractivity contribution is 7.09. The highest BCUT2D eigenvalue weighted by atomic mass is 32.1. The number of ether oxygens (including phenoxy) is 1. The molecule has 1 aromatic heterocycles. The fourth-order valence-corrected chi connectivity index (χ4v) is 3.83. The molecule has 8 heteroatoms. The molecule has 0 spiro atoms. The van der Waals surface area contributed by atoms with Crippen LogP contribution < -0.4 is 10.1 Å². The lowest BCUT2D eigenvalue weighted by molar-refractivity contribution is -0.128. The molecule has 0 aliphatic carbocycles. The van der Waals surface area contributed by atoms with Crippen molar-refractivity contribution in [2.45, 2.75) is 26.9 Å². The number of carbonyl (C=O) groups is 2. The van der Waals surface area contributed by atoms with Gasteiger partial charge in [0.05, 0.1) is 17.2 Å². The van der Waals surface area contributed by atoms with E-state index in [-0.39, 0.29) is 11.8 Å². The van der Waals surface area contributed by atoms with E-state index in [9.17, 15) is 9.59 Å². The van der Waals surface area contributed by atoms with Crippen molar-refractivity contribution in [1.82, 2.24) is 20.1 Å². The molecule has 0 radical (unpaired) electrons. The van der Waals surface area contributed by atoms with Gasteiger partial charge in [0, 0.05) is 44.2 Å². The largest absolute Gasteiger partial charge is 0.487 e. The number of nitrogens with zero attached hydrogens (tertiary/aromatic N) is 3. The molecule has 0 saturated carbocycles. The van der Waals surface area contributed by atoms with Crippen LogP contribution in [0.4, 0.5) is 0 Å². The maximum atomic E-state index is 12.5. The van der Waals surface area contributed by atoms with Gasteiger partial charge in [-0.05, 0) is 37.1 Å². The predicted octanol–water partition coefficient (Wildman–Crippen LogP) is 2.71. The molecule has 0 atom stereocenters. The molecule has 2 amide bonds. The number of nitrogens with one attached hydrogen (secondary N) is 1. The van der Waals surface area contributed by atoms with E-state index in [0.717, 1.165) is 28.4 Å².